The molecule has 0 aromatic heterocycles. The van der Waals surface area contributed by atoms with E-state index in [1.54, 1.807) is 24.3 Å². The van der Waals surface area contributed by atoms with E-state index in [-0.39, 0.29) is 17.9 Å². The third-order valence-electron chi connectivity index (χ3n) is 3.17. The van der Waals surface area contributed by atoms with Crippen molar-refractivity contribution >= 4 is 44.7 Å². The molecule has 0 saturated heterocycles. The number of carbonyl (C=O) groups excluding carboxylic acids is 1. The maximum absolute atomic E-state index is 12.4. The first-order valence-corrected chi connectivity index (χ1v) is 9.47. The van der Waals surface area contributed by atoms with Crippen LogP contribution in [0.5, 0.6) is 5.75 Å². The van der Waals surface area contributed by atoms with E-state index in [0.717, 1.165) is 6.26 Å². The molecule has 5 nitrogen and oxygen atoms in total. The topological polar surface area (TPSA) is 72.5 Å². The number of hydrogen-bond donors (Lipinski definition) is 1. The molecule has 0 unspecified atom stereocenters. The Balaban J connectivity index is 2.28. The van der Waals surface area contributed by atoms with E-state index in [0.29, 0.717) is 26.9 Å². The average Bonchev–Trinajstić information content (AvgIpc) is 2.49. The van der Waals surface area contributed by atoms with E-state index in [1.807, 2.05) is 0 Å². The summed E-state index contributed by atoms with van der Waals surface area (Å²) in [4.78, 5) is 12.4. The Kier molecular flexibility index (Phi) is 5.74. The fourth-order valence-electron chi connectivity index (χ4n) is 2.10. The van der Waals surface area contributed by atoms with E-state index in [4.69, 9.17) is 27.9 Å². The highest BCUT2D eigenvalue weighted by molar-refractivity contribution is 7.92. The molecule has 0 fully saturated rings. The monoisotopic (exact) mass is 387 g/mol. The van der Waals surface area contributed by atoms with Crippen molar-refractivity contribution < 1.29 is 17.9 Å². The van der Waals surface area contributed by atoms with Gasteiger partial charge in [0.25, 0.3) is 0 Å². The number of Topliss-reactive ketones (excluding diaryl/α,β-unsaturated/α-hetero) is 1. The molecule has 0 heterocycles. The van der Waals surface area contributed by atoms with Gasteiger partial charge in [0.05, 0.1) is 29.1 Å². The molecule has 24 heavy (non-hydrogen) atoms. The van der Waals surface area contributed by atoms with Gasteiger partial charge in [-0.1, -0.05) is 29.3 Å². The van der Waals surface area contributed by atoms with Crippen molar-refractivity contribution in [2.75, 3.05) is 18.1 Å². The number of carbonyl (C=O) groups is 1. The summed E-state index contributed by atoms with van der Waals surface area (Å²) in [5.41, 5.74) is 1.27. The number of ether oxygens (including phenoxy) is 1. The van der Waals surface area contributed by atoms with Crippen molar-refractivity contribution in [3.05, 3.63) is 57.6 Å². The van der Waals surface area contributed by atoms with Crippen LogP contribution in [-0.2, 0) is 16.4 Å². The van der Waals surface area contributed by atoms with Gasteiger partial charge >= 0.3 is 0 Å². The third kappa shape index (κ3) is 4.87. The molecule has 0 bridgehead atoms. The molecule has 0 saturated carbocycles. The molecule has 0 aliphatic rings. The Morgan fingerprint density at radius 2 is 1.83 bits per heavy atom. The molecule has 0 spiro atoms. The van der Waals surface area contributed by atoms with Crippen LogP contribution >= 0.6 is 23.2 Å². The van der Waals surface area contributed by atoms with E-state index < -0.39 is 10.0 Å². The van der Waals surface area contributed by atoms with Gasteiger partial charge in [-0.2, -0.15) is 0 Å². The highest BCUT2D eigenvalue weighted by atomic mass is 35.5. The first-order valence-electron chi connectivity index (χ1n) is 6.82. The highest BCUT2D eigenvalue weighted by Crippen LogP contribution is 2.28. The second-order valence-corrected chi connectivity index (χ2v) is 7.70. The predicted molar refractivity (Wildman–Crippen MR) is 96.0 cm³/mol. The number of nitrogens with one attached hydrogen (secondary N) is 1. The molecule has 2 aromatic rings. The van der Waals surface area contributed by atoms with E-state index in [1.165, 1.54) is 19.2 Å². The zero-order chi connectivity index (χ0) is 17.9. The lowest BCUT2D eigenvalue weighted by atomic mass is 10.0. The smallest absolute Gasteiger partial charge is 0.229 e. The van der Waals surface area contributed by atoms with Gasteiger partial charge in [-0.05, 0) is 35.9 Å². The second-order valence-electron chi connectivity index (χ2n) is 5.14. The van der Waals surface area contributed by atoms with Crippen molar-refractivity contribution in [1.29, 1.82) is 0 Å². The molecule has 1 N–H and O–H groups in total. The molecule has 2 aromatic carbocycles. The number of benzene rings is 2. The summed E-state index contributed by atoms with van der Waals surface area (Å²) in [6.07, 6.45) is 1.14. The van der Waals surface area contributed by atoms with Gasteiger partial charge in [0, 0.05) is 12.0 Å². The SMILES string of the molecule is COc1ccc(C(=O)Cc2ccc(Cl)c(Cl)c2)cc1NS(C)(=O)=O. The standard InChI is InChI=1S/C16H15Cl2NO4S/c1-23-16-6-4-11(9-14(16)19-24(2,21)22)15(20)8-10-3-5-12(17)13(18)7-10/h3-7,9,19H,8H2,1-2H3. The van der Waals surface area contributed by atoms with Crippen LogP contribution in [-0.4, -0.2) is 27.6 Å². The van der Waals surface area contributed by atoms with Gasteiger partial charge in [0.1, 0.15) is 5.75 Å². The van der Waals surface area contributed by atoms with Crippen molar-refractivity contribution in [2.45, 2.75) is 6.42 Å². The average molecular weight is 388 g/mol. The summed E-state index contributed by atoms with van der Waals surface area (Å²) in [5, 5.41) is 0.785. The molecule has 8 heteroatoms. The maximum atomic E-state index is 12.4. The first-order chi connectivity index (χ1) is 11.2. The molecular weight excluding hydrogens is 373 g/mol. The number of hydrogen-bond acceptors (Lipinski definition) is 4. The van der Waals surface area contributed by atoms with Crippen LogP contribution in [0.3, 0.4) is 0 Å². The molecule has 0 aliphatic heterocycles. The zero-order valence-corrected chi connectivity index (χ0v) is 15.3. The number of rotatable bonds is 6. The third-order valence-corrected chi connectivity index (χ3v) is 4.50. The van der Waals surface area contributed by atoms with Crippen molar-refractivity contribution in [1.82, 2.24) is 0 Å². The first kappa shape index (κ1) is 18.6. The lowest BCUT2D eigenvalue weighted by Crippen LogP contribution is -2.12. The van der Waals surface area contributed by atoms with Crippen LogP contribution in [0, 0.1) is 0 Å². The van der Waals surface area contributed by atoms with Gasteiger partial charge in [-0.3, -0.25) is 9.52 Å². The maximum Gasteiger partial charge on any atom is 0.229 e. The summed E-state index contributed by atoms with van der Waals surface area (Å²) >= 11 is 11.8. The minimum absolute atomic E-state index is 0.113. The van der Waals surface area contributed by atoms with Crippen molar-refractivity contribution in [3.63, 3.8) is 0 Å². The predicted octanol–water partition coefficient (Wildman–Crippen LogP) is 3.80. The largest absolute Gasteiger partial charge is 0.495 e. The lowest BCUT2D eigenvalue weighted by Gasteiger charge is -2.11. The second kappa shape index (κ2) is 7.42. The Morgan fingerprint density at radius 3 is 2.42 bits per heavy atom. The molecule has 128 valence electrons. The number of methoxy groups -OCH3 is 1. The molecule has 2 rings (SSSR count). The van der Waals surface area contributed by atoms with Crippen LogP contribution in [0.15, 0.2) is 36.4 Å². The van der Waals surface area contributed by atoms with Gasteiger partial charge in [0.2, 0.25) is 10.0 Å². The molecule has 0 radical (unpaired) electrons. The van der Waals surface area contributed by atoms with Gasteiger partial charge in [-0.15, -0.1) is 0 Å². The van der Waals surface area contributed by atoms with Crippen LogP contribution in [0.1, 0.15) is 15.9 Å². The summed E-state index contributed by atoms with van der Waals surface area (Å²) in [6, 6.07) is 9.52. The van der Waals surface area contributed by atoms with E-state index >= 15 is 0 Å². The molecular formula is C16H15Cl2NO4S. The molecule has 0 aliphatic carbocycles. The van der Waals surface area contributed by atoms with Gasteiger partial charge in [0.15, 0.2) is 5.78 Å². The van der Waals surface area contributed by atoms with Crippen LogP contribution in [0.2, 0.25) is 10.0 Å². The van der Waals surface area contributed by atoms with Crippen LogP contribution in [0.4, 0.5) is 5.69 Å². The summed E-state index contributed by atoms with van der Waals surface area (Å²) in [6.45, 7) is 0. The van der Waals surface area contributed by atoms with Crippen molar-refractivity contribution in [3.8, 4) is 5.75 Å². The Morgan fingerprint density at radius 1 is 1.12 bits per heavy atom. The number of anilines is 1. The number of sulfonamides is 1. The van der Waals surface area contributed by atoms with Crippen LogP contribution < -0.4 is 9.46 Å². The van der Waals surface area contributed by atoms with Crippen LogP contribution in [0.25, 0.3) is 0 Å². The Bertz CT molecular complexity index is 882. The minimum atomic E-state index is -3.49. The number of halogens is 2. The number of ketones is 1. The summed E-state index contributed by atoms with van der Waals surface area (Å²) in [7, 11) is -2.08. The van der Waals surface area contributed by atoms with Crippen molar-refractivity contribution in [2.24, 2.45) is 0 Å². The van der Waals surface area contributed by atoms with Gasteiger partial charge in [-0.25, -0.2) is 8.42 Å². The lowest BCUT2D eigenvalue weighted by molar-refractivity contribution is 0.0993. The van der Waals surface area contributed by atoms with Gasteiger partial charge < -0.3 is 4.74 Å². The Labute approximate surface area is 150 Å². The fraction of sp³-hybridized carbons (Fsp3) is 0.188. The zero-order valence-electron chi connectivity index (χ0n) is 13.0. The Hall–Kier alpha value is -1.76. The summed E-state index contributed by atoms with van der Waals surface area (Å²) in [5.74, 6) is 0.138. The highest BCUT2D eigenvalue weighted by Gasteiger charge is 2.14. The van der Waals surface area contributed by atoms with E-state index in [9.17, 15) is 13.2 Å². The molecule has 0 atom stereocenters. The normalized spacial score (nSPS) is 11.2. The minimum Gasteiger partial charge on any atom is -0.495 e. The summed E-state index contributed by atoms with van der Waals surface area (Å²) < 4.78 is 30.3. The van der Waals surface area contributed by atoms with E-state index in [2.05, 4.69) is 4.72 Å². The quantitative estimate of drug-likeness (QED) is 0.765. The molecule has 0 amide bonds. The fourth-order valence-corrected chi connectivity index (χ4v) is 2.98.